The highest BCUT2D eigenvalue weighted by atomic mass is 16.7. The third-order valence-electron chi connectivity index (χ3n) is 18.2. The molecule has 0 bridgehead atoms. The van der Waals surface area contributed by atoms with Crippen LogP contribution in [0, 0.1) is 0 Å². The van der Waals surface area contributed by atoms with Gasteiger partial charge in [-0.15, -0.1) is 0 Å². The number of hydrogen-bond donors (Lipinski definition) is 0. The number of aliphatic carboxylic acids is 1. The lowest BCUT2D eigenvalue weighted by Crippen LogP contribution is -2.44. The number of hydrogen-bond acceptors (Lipinski definition) is 8. The molecule has 0 aliphatic carbocycles. The number of carbonyl (C=O) groups excluding carboxylic acids is 3. The standard InChI is InChI=1S/C84H155NO8/c1-6-8-10-12-14-16-18-20-22-24-26-28-30-32-34-36-38-39-40-41-42-43-45-47-49-51-53-55-57-59-61-63-65-67-69-71-73-75-82(87)93-80(79-92-84(83(88)89)90-77-76-85(3,4)5)78-91-81(86)74-72-70-68-66-64-62-60-58-56-54-52-50-48-46-44-37-35-33-31-29-27-25-23-21-19-17-15-13-11-9-7-2/h18-21,24-27,30,32,80,84H,6-17,22-23,28-29,31,33-79H2,1-5H3/b20-18-,21-19-,26-24-,27-25-,32-30-. The Hall–Kier alpha value is -3.01. The van der Waals surface area contributed by atoms with Gasteiger partial charge in [0.05, 0.1) is 40.3 Å². The Morgan fingerprint density at radius 1 is 0.323 bits per heavy atom. The first kappa shape index (κ1) is 90.0. The van der Waals surface area contributed by atoms with Gasteiger partial charge in [-0.2, -0.15) is 0 Å². The largest absolute Gasteiger partial charge is 0.545 e. The van der Waals surface area contributed by atoms with Crippen LogP contribution in [0.3, 0.4) is 0 Å². The second-order valence-electron chi connectivity index (χ2n) is 28.7. The van der Waals surface area contributed by atoms with Crippen molar-refractivity contribution in [3.8, 4) is 0 Å². The summed E-state index contributed by atoms with van der Waals surface area (Å²) in [7, 11) is 5.95. The summed E-state index contributed by atoms with van der Waals surface area (Å²) < 4.78 is 22.9. The van der Waals surface area contributed by atoms with Crippen LogP contribution in [-0.4, -0.2) is 82.3 Å². The van der Waals surface area contributed by atoms with E-state index in [2.05, 4.69) is 74.6 Å². The molecule has 0 amide bonds. The molecule has 544 valence electrons. The van der Waals surface area contributed by atoms with Crippen LogP contribution in [0.25, 0.3) is 0 Å². The quantitative estimate of drug-likeness (QED) is 0.0195. The van der Waals surface area contributed by atoms with Crippen molar-refractivity contribution in [1.82, 2.24) is 0 Å². The summed E-state index contributed by atoms with van der Waals surface area (Å²) >= 11 is 0. The molecule has 0 saturated heterocycles. The van der Waals surface area contributed by atoms with Crippen LogP contribution in [0.15, 0.2) is 60.8 Å². The van der Waals surface area contributed by atoms with Crippen molar-refractivity contribution in [3.63, 3.8) is 0 Å². The molecule has 0 spiro atoms. The number of unbranched alkanes of at least 4 members (excludes halogenated alkanes) is 51. The first-order chi connectivity index (χ1) is 45.6. The van der Waals surface area contributed by atoms with Gasteiger partial charge in [0.15, 0.2) is 12.4 Å². The molecule has 0 N–H and O–H groups in total. The Bertz CT molecular complexity index is 1710. The predicted octanol–water partition coefficient (Wildman–Crippen LogP) is 24.5. The van der Waals surface area contributed by atoms with Crippen molar-refractivity contribution in [1.29, 1.82) is 0 Å². The lowest BCUT2D eigenvalue weighted by Gasteiger charge is -2.26. The van der Waals surface area contributed by atoms with Gasteiger partial charge in [0.2, 0.25) is 0 Å². The summed E-state index contributed by atoms with van der Waals surface area (Å²) in [5.41, 5.74) is 0. The molecule has 0 aromatic heterocycles. The van der Waals surface area contributed by atoms with Gasteiger partial charge in [0.1, 0.15) is 13.2 Å². The van der Waals surface area contributed by atoms with E-state index in [4.69, 9.17) is 18.9 Å². The molecule has 0 radical (unpaired) electrons. The zero-order valence-electron chi connectivity index (χ0n) is 62.4. The monoisotopic (exact) mass is 1310 g/mol. The van der Waals surface area contributed by atoms with Crippen LogP contribution in [0.1, 0.15) is 399 Å². The van der Waals surface area contributed by atoms with E-state index in [1.165, 1.54) is 315 Å². The van der Waals surface area contributed by atoms with Gasteiger partial charge >= 0.3 is 11.9 Å². The summed E-state index contributed by atoms with van der Waals surface area (Å²) in [6, 6.07) is 0. The van der Waals surface area contributed by atoms with E-state index in [1.807, 2.05) is 21.1 Å². The van der Waals surface area contributed by atoms with Crippen LogP contribution in [0.5, 0.6) is 0 Å². The number of ether oxygens (including phenoxy) is 4. The topological polar surface area (TPSA) is 111 Å². The van der Waals surface area contributed by atoms with Crippen LogP contribution >= 0.6 is 0 Å². The molecule has 0 aliphatic heterocycles. The summed E-state index contributed by atoms with van der Waals surface area (Å²) in [6.45, 7) is 4.79. The van der Waals surface area contributed by atoms with Gasteiger partial charge in [-0.3, -0.25) is 9.59 Å². The maximum atomic E-state index is 13.0. The van der Waals surface area contributed by atoms with Gasteiger partial charge in [-0.1, -0.05) is 364 Å². The maximum absolute atomic E-state index is 13.0. The minimum atomic E-state index is -1.62. The van der Waals surface area contributed by atoms with Crippen molar-refractivity contribution in [3.05, 3.63) is 60.8 Å². The van der Waals surface area contributed by atoms with Crippen molar-refractivity contribution < 1.29 is 42.9 Å². The van der Waals surface area contributed by atoms with E-state index >= 15 is 0 Å². The molecule has 0 aromatic rings. The first-order valence-corrected chi connectivity index (χ1v) is 40.4. The summed E-state index contributed by atoms with van der Waals surface area (Å²) in [5.74, 6) is -2.25. The molecule has 93 heavy (non-hydrogen) atoms. The molecule has 9 nitrogen and oxygen atoms in total. The van der Waals surface area contributed by atoms with Gasteiger partial charge in [0.25, 0.3) is 0 Å². The van der Waals surface area contributed by atoms with E-state index in [9.17, 15) is 19.5 Å². The first-order valence-electron chi connectivity index (χ1n) is 40.4. The molecule has 2 unspecified atom stereocenters. The highest BCUT2D eigenvalue weighted by Gasteiger charge is 2.22. The lowest BCUT2D eigenvalue weighted by atomic mass is 10.0. The molecule has 0 rings (SSSR count). The Kier molecular flexibility index (Phi) is 72.4. The second kappa shape index (κ2) is 74.8. The van der Waals surface area contributed by atoms with Gasteiger partial charge in [-0.05, 0) is 83.5 Å². The molecular formula is C84H155NO8. The zero-order chi connectivity index (χ0) is 67.5. The molecular weight excluding hydrogens is 1150 g/mol. The van der Waals surface area contributed by atoms with Crippen LogP contribution in [0.4, 0.5) is 0 Å². The molecule has 2 atom stereocenters. The number of carbonyl (C=O) groups is 3. The Labute approximate surface area is 577 Å². The fourth-order valence-corrected chi connectivity index (χ4v) is 12.1. The summed E-state index contributed by atoms with van der Waals surface area (Å²) in [5, 5.41) is 11.9. The fraction of sp³-hybridized carbons (Fsp3) is 0.845. The summed E-state index contributed by atoms with van der Waals surface area (Å²) in [6.07, 6.45) is 96.3. The number of allylic oxidation sites excluding steroid dienone is 10. The maximum Gasteiger partial charge on any atom is 0.306 e. The van der Waals surface area contributed by atoms with E-state index < -0.39 is 24.3 Å². The number of carboxylic acids is 1. The number of esters is 2. The van der Waals surface area contributed by atoms with Crippen molar-refractivity contribution in [2.45, 2.75) is 411 Å². The number of likely N-dealkylation sites (N-methyl/N-ethyl adjacent to an activating group) is 1. The van der Waals surface area contributed by atoms with Crippen molar-refractivity contribution in [2.75, 3.05) is 47.5 Å². The predicted molar refractivity (Wildman–Crippen MR) is 399 cm³/mol. The van der Waals surface area contributed by atoms with Gasteiger partial charge < -0.3 is 33.3 Å². The highest BCUT2D eigenvalue weighted by molar-refractivity contribution is 5.70. The van der Waals surface area contributed by atoms with E-state index in [0.717, 1.165) is 57.8 Å². The Morgan fingerprint density at radius 2 is 0.581 bits per heavy atom. The second-order valence-corrected chi connectivity index (χ2v) is 28.7. The van der Waals surface area contributed by atoms with Gasteiger partial charge in [-0.25, -0.2) is 0 Å². The third-order valence-corrected chi connectivity index (χ3v) is 18.2. The average molecular weight is 1310 g/mol. The molecule has 0 aromatic carbocycles. The molecule has 0 fully saturated rings. The van der Waals surface area contributed by atoms with E-state index in [0.29, 0.717) is 17.4 Å². The number of nitrogens with zero attached hydrogens (tertiary/aromatic N) is 1. The molecule has 0 aliphatic rings. The smallest absolute Gasteiger partial charge is 0.306 e. The molecule has 9 heteroatoms. The highest BCUT2D eigenvalue weighted by Crippen LogP contribution is 2.19. The molecule has 0 saturated carbocycles. The van der Waals surface area contributed by atoms with E-state index in [-0.39, 0.29) is 32.2 Å². The molecule has 0 heterocycles. The van der Waals surface area contributed by atoms with Gasteiger partial charge in [0, 0.05) is 12.8 Å². The number of carboxylic acid groups (broad SMARTS) is 1. The van der Waals surface area contributed by atoms with Crippen LogP contribution in [-0.2, 0) is 33.3 Å². The zero-order valence-corrected chi connectivity index (χ0v) is 62.4. The average Bonchev–Trinajstić information content (AvgIpc) is 3.73. The normalized spacial score (nSPS) is 12.9. The third kappa shape index (κ3) is 76.2. The number of quaternary nitrogens is 1. The SMILES string of the molecule is CCCCCCC/C=C\C/C=C\C/C=C\CCCCCCCCCCCCCCCCCCCCCCCCC(=O)OC(COC(=O)CCCCCCCCCCCCCCCCCCCCC/C=C\C/C=C\CCCCCCC)COC(OCC[N+](C)(C)C)C(=O)[O-]. The minimum absolute atomic E-state index is 0.150. The van der Waals surface area contributed by atoms with E-state index in [1.54, 1.807) is 0 Å². The van der Waals surface area contributed by atoms with Crippen LogP contribution < -0.4 is 5.11 Å². The van der Waals surface area contributed by atoms with Crippen molar-refractivity contribution >= 4 is 17.9 Å². The minimum Gasteiger partial charge on any atom is -0.545 e. The Morgan fingerprint density at radius 3 is 0.860 bits per heavy atom. The van der Waals surface area contributed by atoms with Crippen LogP contribution in [0.2, 0.25) is 0 Å². The Balaban J connectivity index is 3.98. The number of rotatable bonds is 76. The summed E-state index contributed by atoms with van der Waals surface area (Å²) in [4.78, 5) is 37.6. The fourth-order valence-electron chi connectivity index (χ4n) is 12.1. The lowest BCUT2D eigenvalue weighted by molar-refractivity contribution is -0.870. The van der Waals surface area contributed by atoms with Crippen molar-refractivity contribution in [2.24, 2.45) is 0 Å².